The summed E-state index contributed by atoms with van der Waals surface area (Å²) in [6.07, 6.45) is 3.58. The van der Waals surface area contributed by atoms with E-state index in [4.69, 9.17) is 4.74 Å². The van der Waals surface area contributed by atoms with Gasteiger partial charge in [0.15, 0.2) is 0 Å². The van der Waals surface area contributed by atoms with Crippen LogP contribution in [0.2, 0.25) is 0 Å². The van der Waals surface area contributed by atoms with Crippen molar-refractivity contribution in [2.75, 3.05) is 13.7 Å². The third kappa shape index (κ3) is 5.33. The first-order valence-electron chi connectivity index (χ1n) is 14.1. The Kier molecular flexibility index (Phi) is 6.82. The maximum Gasteiger partial charge on any atom is 0.337 e. The van der Waals surface area contributed by atoms with Crippen LogP contribution in [0.25, 0.3) is 11.1 Å². The third-order valence-corrected chi connectivity index (χ3v) is 8.61. The van der Waals surface area contributed by atoms with E-state index in [2.05, 4.69) is 35.8 Å². The quantitative estimate of drug-likeness (QED) is 0.407. The zero-order valence-corrected chi connectivity index (χ0v) is 23.0. The van der Waals surface area contributed by atoms with E-state index in [-0.39, 0.29) is 35.3 Å². The molecule has 7 heteroatoms. The number of carbonyl (C=O) groups is 3. The van der Waals surface area contributed by atoms with E-state index in [1.165, 1.54) is 12.7 Å². The SMILES string of the molecule is COC(=O)c1cccc(-c2ccc(CNC(=O)[C@H]3C[C@@H]3c3ccccc3)c3c2CCN(C(=O)NC2(C)CC2)C3)c1. The Morgan fingerprint density at radius 1 is 1.00 bits per heavy atom. The highest BCUT2D eigenvalue weighted by atomic mass is 16.5. The fraction of sp³-hybridized carbons (Fsp3) is 0.364. The van der Waals surface area contributed by atoms with Crippen LogP contribution in [-0.2, 0) is 29.0 Å². The highest BCUT2D eigenvalue weighted by molar-refractivity contribution is 5.91. The molecule has 0 saturated heterocycles. The van der Waals surface area contributed by atoms with Crippen LogP contribution in [0.15, 0.2) is 66.7 Å². The number of urea groups is 1. The van der Waals surface area contributed by atoms with Gasteiger partial charge in [0.05, 0.1) is 12.7 Å². The monoisotopic (exact) mass is 537 g/mol. The molecule has 2 fully saturated rings. The van der Waals surface area contributed by atoms with Crippen molar-refractivity contribution >= 4 is 17.9 Å². The molecular formula is C33H35N3O4. The largest absolute Gasteiger partial charge is 0.465 e. The number of hydrogen-bond acceptors (Lipinski definition) is 4. The number of methoxy groups -OCH3 is 1. The van der Waals surface area contributed by atoms with Crippen molar-refractivity contribution in [1.82, 2.24) is 15.5 Å². The second kappa shape index (κ2) is 10.5. The molecule has 0 spiro atoms. The molecule has 2 aliphatic carbocycles. The Labute approximate surface area is 234 Å². The Morgan fingerprint density at radius 3 is 2.55 bits per heavy atom. The summed E-state index contributed by atoms with van der Waals surface area (Å²) in [6.45, 7) is 3.57. The molecule has 6 rings (SSSR count). The van der Waals surface area contributed by atoms with Crippen LogP contribution in [0.5, 0.6) is 0 Å². The summed E-state index contributed by atoms with van der Waals surface area (Å²) in [5.74, 6) is -0.0208. The van der Waals surface area contributed by atoms with Gasteiger partial charge in [-0.1, -0.05) is 54.6 Å². The van der Waals surface area contributed by atoms with Crippen molar-refractivity contribution < 1.29 is 19.1 Å². The topological polar surface area (TPSA) is 87.7 Å². The van der Waals surface area contributed by atoms with Crippen molar-refractivity contribution in [3.63, 3.8) is 0 Å². The van der Waals surface area contributed by atoms with Crippen molar-refractivity contribution in [3.05, 3.63) is 94.5 Å². The summed E-state index contributed by atoms with van der Waals surface area (Å²) in [7, 11) is 1.38. The van der Waals surface area contributed by atoms with E-state index < -0.39 is 0 Å². The number of amides is 3. The van der Waals surface area contributed by atoms with Gasteiger partial charge in [-0.25, -0.2) is 9.59 Å². The predicted octanol–water partition coefficient (Wildman–Crippen LogP) is 5.18. The molecule has 0 aromatic heterocycles. The molecule has 1 aliphatic heterocycles. The highest BCUT2D eigenvalue weighted by Crippen LogP contribution is 2.47. The summed E-state index contributed by atoms with van der Waals surface area (Å²) in [4.78, 5) is 40.2. The van der Waals surface area contributed by atoms with Crippen LogP contribution in [0.3, 0.4) is 0 Å². The van der Waals surface area contributed by atoms with Crippen LogP contribution in [0, 0.1) is 5.92 Å². The first-order valence-corrected chi connectivity index (χ1v) is 14.1. The number of benzene rings is 3. The number of nitrogens with one attached hydrogen (secondary N) is 2. The normalized spacial score (nSPS) is 20.2. The standard InChI is InChI=1S/C33H35N3O4/c1-33(14-15-33)35-32(39)36-16-13-26-25(22-9-6-10-23(17-22)31(38)40-2)12-11-24(29(26)20-36)19-34-30(37)28-18-27(28)21-7-4-3-5-8-21/h3-12,17,27-28H,13-16,18-20H2,1-2H3,(H,34,37)(H,35,39)/t27-,28+/m1/s1. The lowest BCUT2D eigenvalue weighted by atomic mass is 9.87. The molecule has 1 heterocycles. The Morgan fingerprint density at radius 2 is 1.80 bits per heavy atom. The van der Waals surface area contributed by atoms with Crippen LogP contribution in [-0.4, -0.2) is 42.0 Å². The zero-order valence-electron chi connectivity index (χ0n) is 23.0. The molecule has 2 N–H and O–H groups in total. The maximum absolute atomic E-state index is 13.1. The van der Waals surface area contributed by atoms with Crippen LogP contribution < -0.4 is 10.6 Å². The Balaban J connectivity index is 1.25. The lowest BCUT2D eigenvalue weighted by Crippen LogP contribution is -2.47. The molecule has 0 radical (unpaired) electrons. The second-order valence-corrected chi connectivity index (χ2v) is 11.5. The molecular weight excluding hydrogens is 502 g/mol. The number of esters is 1. The molecule has 2 atom stereocenters. The minimum Gasteiger partial charge on any atom is -0.465 e. The highest BCUT2D eigenvalue weighted by Gasteiger charge is 2.44. The number of ether oxygens (including phenoxy) is 1. The van der Waals surface area contributed by atoms with E-state index in [0.29, 0.717) is 31.6 Å². The molecule has 0 bridgehead atoms. The van der Waals surface area contributed by atoms with Crippen LogP contribution >= 0.6 is 0 Å². The molecule has 7 nitrogen and oxygen atoms in total. The van der Waals surface area contributed by atoms with E-state index in [1.54, 1.807) is 6.07 Å². The summed E-state index contributed by atoms with van der Waals surface area (Å²) < 4.78 is 4.93. The maximum atomic E-state index is 13.1. The van der Waals surface area contributed by atoms with Crippen LogP contribution in [0.1, 0.15) is 64.7 Å². The van der Waals surface area contributed by atoms with Crippen molar-refractivity contribution in [3.8, 4) is 11.1 Å². The number of hydrogen-bond donors (Lipinski definition) is 2. The molecule has 3 aromatic rings. The number of rotatable bonds is 7. The number of fused-ring (bicyclic) bond motifs is 1. The van der Waals surface area contributed by atoms with Crippen molar-refractivity contribution in [2.24, 2.45) is 5.92 Å². The molecule has 3 amide bonds. The lowest BCUT2D eigenvalue weighted by molar-refractivity contribution is -0.122. The first kappa shape index (κ1) is 26.1. The minimum absolute atomic E-state index is 0.000114. The first-order chi connectivity index (χ1) is 19.3. The fourth-order valence-corrected chi connectivity index (χ4v) is 5.80. The van der Waals surface area contributed by atoms with Gasteiger partial charge < -0.3 is 20.3 Å². The van der Waals surface area contributed by atoms with E-state index in [9.17, 15) is 14.4 Å². The summed E-state index contributed by atoms with van der Waals surface area (Å²) in [5, 5.41) is 6.36. The van der Waals surface area contributed by atoms with Gasteiger partial charge in [0.1, 0.15) is 0 Å². The Hall–Kier alpha value is -4.13. The zero-order chi connectivity index (χ0) is 27.9. The van der Waals surface area contributed by atoms with Crippen molar-refractivity contribution in [2.45, 2.75) is 57.2 Å². The van der Waals surface area contributed by atoms with Gasteiger partial charge in [-0.15, -0.1) is 0 Å². The van der Waals surface area contributed by atoms with Gasteiger partial charge in [-0.2, -0.15) is 0 Å². The van der Waals surface area contributed by atoms with E-state index in [1.807, 2.05) is 47.4 Å². The van der Waals surface area contributed by atoms with Gasteiger partial charge >= 0.3 is 12.0 Å². The minimum atomic E-state index is -0.375. The summed E-state index contributed by atoms with van der Waals surface area (Å²) in [6, 6.07) is 21.7. The van der Waals surface area contributed by atoms with Crippen molar-refractivity contribution in [1.29, 1.82) is 0 Å². The Bertz CT molecular complexity index is 1460. The van der Waals surface area contributed by atoms with Gasteiger partial charge in [0.25, 0.3) is 0 Å². The second-order valence-electron chi connectivity index (χ2n) is 11.5. The van der Waals surface area contributed by atoms with Gasteiger partial charge in [-0.05, 0) is 84.0 Å². The fourth-order valence-electron chi connectivity index (χ4n) is 5.80. The molecule has 40 heavy (non-hydrogen) atoms. The summed E-state index contributed by atoms with van der Waals surface area (Å²) >= 11 is 0. The molecule has 2 saturated carbocycles. The number of nitrogens with zero attached hydrogens (tertiary/aromatic N) is 1. The van der Waals surface area contributed by atoms with E-state index >= 15 is 0 Å². The molecule has 3 aliphatic rings. The third-order valence-electron chi connectivity index (χ3n) is 8.61. The number of carbonyl (C=O) groups excluding carboxylic acids is 3. The van der Waals surface area contributed by atoms with Crippen LogP contribution in [0.4, 0.5) is 4.79 Å². The lowest BCUT2D eigenvalue weighted by Gasteiger charge is -2.33. The van der Waals surface area contributed by atoms with E-state index in [0.717, 1.165) is 47.1 Å². The average molecular weight is 538 g/mol. The molecule has 206 valence electrons. The van der Waals surface area contributed by atoms with Gasteiger partial charge in [-0.3, -0.25) is 4.79 Å². The average Bonchev–Trinajstić information content (AvgIpc) is 3.92. The molecule has 3 aromatic carbocycles. The smallest absolute Gasteiger partial charge is 0.337 e. The summed E-state index contributed by atoms with van der Waals surface area (Å²) in [5.41, 5.74) is 6.83. The van der Waals surface area contributed by atoms with Gasteiger partial charge in [0.2, 0.25) is 5.91 Å². The predicted molar refractivity (Wildman–Crippen MR) is 153 cm³/mol. The molecule has 0 unspecified atom stereocenters. The van der Waals surface area contributed by atoms with Gasteiger partial charge in [0, 0.05) is 31.1 Å².